The van der Waals surface area contributed by atoms with Gasteiger partial charge < -0.3 is 14.7 Å². The largest absolute Gasteiger partial charge is 0.477 e. The number of aromatic carboxylic acids is 1. The lowest BCUT2D eigenvalue weighted by Gasteiger charge is -2.29. The quantitative estimate of drug-likeness (QED) is 0.638. The van der Waals surface area contributed by atoms with E-state index in [1.807, 2.05) is 0 Å². The van der Waals surface area contributed by atoms with E-state index in [0.717, 1.165) is 42.1 Å². The van der Waals surface area contributed by atoms with Crippen LogP contribution < -0.4 is 5.32 Å². The fourth-order valence-corrected chi connectivity index (χ4v) is 4.13. The molecule has 3 rings (SSSR count). The van der Waals surface area contributed by atoms with Crippen molar-refractivity contribution in [1.29, 1.82) is 0 Å². The van der Waals surface area contributed by atoms with E-state index in [2.05, 4.69) is 17.3 Å². The van der Waals surface area contributed by atoms with Crippen molar-refractivity contribution in [3.05, 3.63) is 57.5 Å². The highest BCUT2D eigenvalue weighted by atomic mass is 32.1. The van der Waals surface area contributed by atoms with Gasteiger partial charge in [0.15, 0.2) is 0 Å². The molecule has 2 heterocycles. The van der Waals surface area contributed by atoms with Gasteiger partial charge in [0, 0.05) is 17.0 Å². The molecule has 1 aromatic heterocycles. The van der Waals surface area contributed by atoms with E-state index in [1.165, 1.54) is 12.1 Å². The summed E-state index contributed by atoms with van der Waals surface area (Å²) < 4.78 is 19.9. The van der Waals surface area contributed by atoms with Crippen molar-refractivity contribution < 1.29 is 23.8 Å². The van der Waals surface area contributed by atoms with Gasteiger partial charge in [-0.25, -0.2) is 14.0 Å². The Morgan fingerprint density at radius 2 is 2.00 bits per heavy atom. The number of halogens is 1. The third-order valence-corrected chi connectivity index (χ3v) is 6.18. The van der Waals surface area contributed by atoms with E-state index in [9.17, 15) is 14.0 Å². The maximum Gasteiger partial charge on any atom is 0.345 e. The molecule has 1 saturated heterocycles. The van der Waals surface area contributed by atoms with Crippen LogP contribution in [0.1, 0.15) is 39.0 Å². The smallest absolute Gasteiger partial charge is 0.345 e. The Bertz CT molecular complexity index is 849. The van der Waals surface area contributed by atoms with Crippen molar-refractivity contribution in [1.82, 2.24) is 10.2 Å². The predicted octanol–water partition coefficient (Wildman–Crippen LogP) is 3.30. The summed E-state index contributed by atoms with van der Waals surface area (Å²) in [7, 11) is 2.07. The second-order valence-corrected chi connectivity index (χ2v) is 8.45. The predicted molar refractivity (Wildman–Crippen MR) is 108 cm³/mol. The van der Waals surface area contributed by atoms with Crippen LogP contribution in [0, 0.1) is 11.7 Å². The highest BCUT2D eigenvalue weighted by molar-refractivity contribution is 7.13. The summed E-state index contributed by atoms with van der Waals surface area (Å²) >= 11 is 1.12. The second-order valence-electron chi connectivity index (χ2n) is 7.28. The molecule has 2 aromatic rings. The fourth-order valence-electron chi connectivity index (χ4n) is 3.33. The number of hydrogen-bond donors (Lipinski definition) is 2. The summed E-state index contributed by atoms with van der Waals surface area (Å²) in [5.74, 6) is -1.70. The minimum absolute atomic E-state index is 0.217. The number of benzene rings is 1. The molecule has 2 N–H and O–H groups in total. The first-order valence-corrected chi connectivity index (χ1v) is 10.4. The van der Waals surface area contributed by atoms with Crippen molar-refractivity contribution in [2.24, 2.45) is 5.92 Å². The average Bonchev–Trinajstić information content (AvgIpc) is 3.18. The fraction of sp³-hybridized carbons (Fsp3) is 0.429. The van der Waals surface area contributed by atoms with Crippen molar-refractivity contribution in [3.8, 4) is 0 Å². The summed E-state index contributed by atoms with van der Waals surface area (Å²) in [6.45, 7) is 2.50. The minimum atomic E-state index is -0.996. The second kappa shape index (κ2) is 9.96. The molecular formula is C21H25FN2O4S. The minimum Gasteiger partial charge on any atom is -0.477 e. The highest BCUT2D eigenvalue weighted by Gasteiger charge is 2.26. The molecule has 0 aliphatic carbocycles. The van der Waals surface area contributed by atoms with E-state index in [4.69, 9.17) is 9.84 Å². The third kappa shape index (κ3) is 5.85. The van der Waals surface area contributed by atoms with E-state index in [-0.39, 0.29) is 17.0 Å². The average molecular weight is 421 g/mol. The first kappa shape index (κ1) is 21.4. The van der Waals surface area contributed by atoms with E-state index < -0.39 is 23.8 Å². The zero-order valence-corrected chi connectivity index (χ0v) is 17.1. The molecule has 0 amide bonds. The van der Waals surface area contributed by atoms with Crippen LogP contribution >= 0.6 is 11.3 Å². The summed E-state index contributed by atoms with van der Waals surface area (Å²) in [6, 6.07) is 8.34. The lowest BCUT2D eigenvalue weighted by Crippen LogP contribution is -2.35. The monoisotopic (exact) mass is 420 g/mol. The van der Waals surface area contributed by atoms with Gasteiger partial charge >= 0.3 is 11.9 Å². The summed E-state index contributed by atoms with van der Waals surface area (Å²) in [5, 5.41) is 12.1. The third-order valence-electron chi connectivity index (χ3n) is 5.10. The lowest BCUT2D eigenvalue weighted by atomic mass is 9.98. The van der Waals surface area contributed by atoms with Crippen LogP contribution in [0.2, 0.25) is 0 Å². The van der Waals surface area contributed by atoms with Crippen LogP contribution in [0.3, 0.4) is 0 Å². The number of ether oxygens (including phenoxy) is 1. The van der Waals surface area contributed by atoms with E-state index in [0.29, 0.717) is 12.5 Å². The number of nitrogens with one attached hydrogen (secondary N) is 1. The van der Waals surface area contributed by atoms with Crippen LogP contribution in [-0.2, 0) is 16.1 Å². The molecule has 1 fully saturated rings. The SMILES string of the molecule is CN1CCC(COC(=O)C(NCc2ccc(C(=O)O)s2)c2ccccc2F)CC1. The number of thiophene rings is 1. The molecule has 1 unspecified atom stereocenters. The van der Waals surface area contributed by atoms with Gasteiger partial charge in [0.05, 0.1) is 6.61 Å². The van der Waals surface area contributed by atoms with E-state index in [1.54, 1.807) is 24.3 Å². The molecule has 0 radical (unpaired) electrons. The molecular weight excluding hydrogens is 395 g/mol. The Labute approximate surface area is 173 Å². The molecule has 1 aromatic carbocycles. The number of carbonyl (C=O) groups excluding carboxylic acids is 1. The van der Waals surface area contributed by atoms with Crippen molar-refractivity contribution in [3.63, 3.8) is 0 Å². The summed E-state index contributed by atoms with van der Waals surface area (Å²) in [4.78, 5) is 27.0. The first-order valence-electron chi connectivity index (χ1n) is 9.59. The number of likely N-dealkylation sites (tertiary alicyclic amines) is 1. The van der Waals surface area contributed by atoms with Crippen LogP contribution in [0.15, 0.2) is 36.4 Å². The number of carboxylic acids is 1. The Hall–Kier alpha value is -2.29. The standard InChI is InChI=1S/C21H25FN2O4S/c1-24-10-8-14(9-11-24)13-28-21(27)19(16-4-2-3-5-17(16)22)23-12-15-6-7-18(29-15)20(25)26/h2-7,14,19,23H,8-13H2,1H3,(H,25,26). The summed E-state index contributed by atoms with van der Waals surface area (Å²) in [6.07, 6.45) is 1.93. The van der Waals surface area contributed by atoms with E-state index >= 15 is 0 Å². The molecule has 156 valence electrons. The number of piperidine rings is 1. The van der Waals surface area contributed by atoms with Crippen molar-refractivity contribution in [2.45, 2.75) is 25.4 Å². The number of carboxylic acid groups (broad SMARTS) is 1. The topological polar surface area (TPSA) is 78.9 Å². The Morgan fingerprint density at radius 3 is 2.66 bits per heavy atom. The van der Waals surface area contributed by atoms with Gasteiger partial charge in [-0.05, 0) is 57.1 Å². The normalized spacial score (nSPS) is 16.5. The molecule has 1 aliphatic heterocycles. The van der Waals surface area contributed by atoms with Crippen LogP contribution in [-0.4, -0.2) is 48.7 Å². The number of rotatable bonds is 8. The van der Waals surface area contributed by atoms with Gasteiger partial charge in [-0.15, -0.1) is 11.3 Å². The molecule has 8 heteroatoms. The molecule has 6 nitrogen and oxygen atoms in total. The zero-order chi connectivity index (χ0) is 20.8. The Balaban J connectivity index is 1.66. The summed E-state index contributed by atoms with van der Waals surface area (Å²) in [5.41, 5.74) is 0.218. The zero-order valence-electron chi connectivity index (χ0n) is 16.3. The number of esters is 1. The molecule has 0 bridgehead atoms. The van der Waals surface area contributed by atoms with Gasteiger partial charge in [-0.3, -0.25) is 5.32 Å². The number of nitrogens with zero attached hydrogens (tertiary/aromatic N) is 1. The van der Waals surface area contributed by atoms with Crippen LogP contribution in [0.5, 0.6) is 0 Å². The van der Waals surface area contributed by atoms with Gasteiger partial charge in [0.25, 0.3) is 0 Å². The van der Waals surface area contributed by atoms with Gasteiger partial charge in [-0.1, -0.05) is 18.2 Å². The van der Waals surface area contributed by atoms with Gasteiger partial charge in [-0.2, -0.15) is 0 Å². The molecule has 0 spiro atoms. The van der Waals surface area contributed by atoms with Gasteiger partial charge in [0.2, 0.25) is 0 Å². The number of hydrogen-bond acceptors (Lipinski definition) is 6. The Morgan fingerprint density at radius 1 is 1.28 bits per heavy atom. The Kier molecular flexibility index (Phi) is 7.35. The molecule has 29 heavy (non-hydrogen) atoms. The lowest BCUT2D eigenvalue weighted by molar-refractivity contribution is -0.148. The molecule has 1 atom stereocenters. The molecule has 0 saturated carbocycles. The van der Waals surface area contributed by atoms with Gasteiger partial charge in [0.1, 0.15) is 16.7 Å². The first-order chi connectivity index (χ1) is 13.9. The molecule has 1 aliphatic rings. The highest BCUT2D eigenvalue weighted by Crippen LogP contribution is 2.23. The number of carbonyl (C=O) groups is 2. The van der Waals surface area contributed by atoms with Crippen molar-refractivity contribution in [2.75, 3.05) is 26.7 Å². The maximum absolute atomic E-state index is 14.3. The van der Waals surface area contributed by atoms with Crippen LogP contribution in [0.25, 0.3) is 0 Å². The van der Waals surface area contributed by atoms with Crippen molar-refractivity contribution >= 4 is 23.3 Å². The maximum atomic E-state index is 14.3. The van der Waals surface area contributed by atoms with Crippen LogP contribution in [0.4, 0.5) is 4.39 Å².